The molecule has 0 bridgehead atoms. The van der Waals surface area contributed by atoms with Gasteiger partial charge in [0.15, 0.2) is 0 Å². The standard InChI is InChI=1S/C12H12F14O8S2/c13-7(14,9(17,18)11(21,22)23)5-33-35(27,28)31-3-1-2-4-32-36(29,30)34-6-8(15,16)10(19,20)12(24,25)26/h1-6H2. The Hall–Kier alpha value is -1.24. The van der Waals surface area contributed by atoms with Gasteiger partial charge >= 0.3 is 56.8 Å². The minimum atomic E-state index is -6.77. The van der Waals surface area contributed by atoms with E-state index in [1.165, 1.54) is 0 Å². The molecule has 0 aliphatic rings. The average molecular weight is 614 g/mol. The minimum Gasteiger partial charge on any atom is -0.248 e. The second kappa shape index (κ2) is 11.2. The van der Waals surface area contributed by atoms with Gasteiger partial charge in [-0.15, -0.1) is 0 Å². The van der Waals surface area contributed by atoms with Crippen molar-refractivity contribution < 1.29 is 95.0 Å². The summed E-state index contributed by atoms with van der Waals surface area (Å²) in [5, 5.41) is 0. The molecule has 0 aromatic rings. The van der Waals surface area contributed by atoms with Gasteiger partial charge in [0.25, 0.3) is 0 Å². The highest BCUT2D eigenvalue weighted by Crippen LogP contribution is 2.47. The maximum atomic E-state index is 12.9. The fourth-order valence-electron chi connectivity index (χ4n) is 1.48. The Balaban J connectivity index is 4.57. The predicted molar refractivity (Wildman–Crippen MR) is 82.8 cm³/mol. The molecule has 0 heterocycles. The van der Waals surface area contributed by atoms with Crippen LogP contribution in [0.1, 0.15) is 12.8 Å². The fourth-order valence-corrected chi connectivity index (χ4v) is 2.85. The second-order valence-corrected chi connectivity index (χ2v) is 8.82. The zero-order valence-electron chi connectivity index (χ0n) is 16.6. The number of rotatable bonds is 15. The van der Waals surface area contributed by atoms with Crippen LogP contribution < -0.4 is 0 Å². The highest BCUT2D eigenvalue weighted by Gasteiger charge is 2.74. The molecule has 0 radical (unpaired) electrons. The molecule has 0 aromatic heterocycles. The van der Waals surface area contributed by atoms with Gasteiger partial charge in [-0.2, -0.15) is 78.3 Å². The van der Waals surface area contributed by atoms with Gasteiger partial charge in [-0.05, 0) is 12.8 Å². The van der Waals surface area contributed by atoms with Crippen molar-refractivity contribution in [3.63, 3.8) is 0 Å². The number of unbranched alkanes of at least 4 members (excludes halogenated alkanes) is 1. The van der Waals surface area contributed by atoms with Crippen molar-refractivity contribution in [2.24, 2.45) is 0 Å². The monoisotopic (exact) mass is 614 g/mol. The Labute approximate surface area is 192 Å². The lowest BCUT2D eigenvalue weighted by Gasteiger charge is -2.27. The largest absolute Gasteiger partial charge is 0.459 e. The summed E-state index contributed by atoms with van der Waals surface area (Å²) in [6.07, 6.45) is -14.9. The van der Waals surface area contributed by atoms with Gasteiger partial charge in [-0.1, -0.05) is 0 Å². The first-order valence-corrected chi connectivity index (χ1v) is 11.0. The summed E-state index contributed by atoms with van der Waals surface area (Å²) >= 11 is 0. The highest BCUT2D eigenvalue weighted by atomic mass is 32.3. The second-order valence-electron chi connectivity index (χ2n) is 6.25. The van der Waals surface area contributed by atoms with Gasteiger partial charge in [0.1, 0.15) is 13.2 Å². The summed E-state index contributed by atoms with van der Waals surface area (Å²) in [6, 6.07) is 0. The van der Waals surface area contributed by atoms with E-state index in [1.54, 1.807) is 0 Å². The summed E-state index contributed by atoms with van der Waals surface area (Å²) in [7, 11) is -11.2. The Bertz CT molecular complexity index is 850. The topological polar surface area (TPSA) is 105 Å². The molecule has 0 saturated carbocycles. The molecular weight excluding hydrogens is 602 g/mol. The van der Waals surface area contributed by atoms with Crippen molar-refractivity contribution in [3.05, 3.63) is 0 Å². The lowest BCUT2D eigenvalue weighted by Crippen LogP contribution is -2.54. The van der Waals surface area contributed by atoms with E-state index < -0.39 is 96.1 Å². The molecule has 0 amide bonds. The van der Waals surface area contributed by atoms with Crippen molar-refractivity contribution >= 4 is 20.8 Å². The van der Waals surface area contributed by atoms with Crippen LogP contribution in [-0.2, 0) is 37.5 Å². The minimum absolute atomic E-state index is 0.657. The molecule has 0 aromatic carbocycles. The van der Waals surface area contributed by atoms with E-state index in [9.17, 15) is 78.3 Å². The molecule has 0 fully saturated rings. The summed E-state index contributed by atoms with van der Waals surface area (Å²) in [6.45, 7) is -8.27. The molecule has 0 aliphatic heterocycles. The molecular formula is C12H12F14O8S2. The Kier molecular flexibility index (Phi) is 10.9. The van der Waals surface area contributed by atoms with Crippen molar-refractivity contribution in [3.8, 4) is 0 Å². The number of halogens is 14. The average Bonchev–Trinajstić information content (AvgIpc) is 2.66. The molecule has 0 atom stereocenters. The summed E-state index contributed by atoms with van der Waals surface area (Å²) < 4.78 is 232. The van der Waals surface area contributed by atoms with Crippen molar-refractivity contribution in [2.45, 2.75) is 48.9 Å². The third-order valence-corrected chi connectivity index (χ3v) is 5.12. The first kappa shape index (κ1) is 34.8. The third kappa shape index (κ3) is 9.25. The molecule has 8 nitrogen and oxygen atoms in total. The summed E-state index contributed by atoms with van der Waals surface area (Å²) in [5.74, 6) is -25.5. The zero-order chi connectivity index (χ0) is 29.1. The van der Waals surface area contributed by atoms with E-state index in [-0.39, 0.29) is 0 Å². The molecule has 24 heteroatoms. The van der Waals surface area contributed by atoms with Crippen LogP contribution in [0.2, 0.25) is 0 Å². The fraction of sp³-hybridized carbons (Fsp3) is 1.00. The van der Waals surface area contributed by atoms with E-state index >= 15 is 0 Å². The quantitative estimate of drug-likeness (QED) is 0.202. The molecule has 0 N–H and O–H groups in total. The maximum absolute atomic E-state index is 12.9. The zero-order valence-corrected chi connectivity index (χ0v) is 18.2. The Morgan fingerprint density at radius 1 is 0.444 bits per heavy atom. The van der Waals surface area contributed by atoms with Crippen molar-refractivity contribution in [1.82, 2.24) is 0 Å². The molecule has 0 spiro atoms. The van der Waals surface area contributed by atoms with Crippen LogP contribution in [0.15, 0.2) is 0 Å². The first-order chi connectivity index (χ1) is 15.6. The lowest BCUT2D eigenvalue weighted by atomic mass is 10.2. The van der Waals surface area contributed by atoms with Gasteiger partial charge < -0.3 is 0 Å². The number of hydrogen-bond acceptors (Lipinski definition) is 8. The molecule has 0 unspecified atom stereocenters. The van der Waals surface area contributed by atoms with Gasteiger partial charge in [-0.3, -0.25) is 0 Å². The number of hydrogen-bond donors (Lipinski definition) is 0. The van der Waals surface area contributed by atoms with Gasteiger partial charge in [0.2, 0.25) is 0 Å². The van der Waals surface area contributed by atoms with Crippen molar-refractivity contribution in [1.29, 1.82) is 0 Å². The molecule has 218 valence electrons. The van der Waals surface area contributed by atoms with Crippen LogP contribution in [-0.4, -0.2) is 79.3 Å². The normalized spacial score (nSPS) is 15.4. The van der Waals surface area contributed by atoms with Crippen LogP contribution >= 0.6 is 0 Å². The molecule has 0 rings (SSSR count). The van der Waals surface area contributed by atoms with Gasteiger partial charge in [-0.25, -0.2) is 16.7 Å². The maximum Gasteiger partial charge on any atom is 0.459 e. The highest BCUT2D eigenvalue weighted by molar-refractivity contribution is 7.82. The number of alkyl halides is 14. The van der Waals surface area contributed by atoms with Crippen LogP contribution in [0.3, 0.4) is 0 Å². The lowest BCUT2D eigenvalue weighted by molar-refractivity contribution is -0.358. The van der Waals surface area contributed by atoms with Crippen LogP contribution in [0, 0.1) is 0 Å². The van der Waals surface area contributed by atoms with E-state index in [1.807, 2.05) is 0 Å². The van der Waals surface area contributed by atoms with Crippen LogP contribution in [0.5, 0.6) is 0 Å². The van der Waals surface area contributed by atoms with E-state index in [4.69, 9.17) is 0 Å². The third-order valence-electron chi connectivity index (χ3n) is 3.39. The summed E-state index contributed by atoms with van der Waals surface area (Å²) in [5.41, 5.74) is 0. The van der Waals surface area contributed by atoms with E-state index in [0.717, 1.165) is 0 Å². The van der Waals surface area contributed by atoms with Crippen molar-refractivity contribution in [2.75, 3.05) is 26.4 Å². The van der Waals surface area contributed by atoms with E-state index in [2.05, 4.69) is 16.7 Å². The molecule has 0 saturated heterocycles. The smallest absolute Gasteiger partial charge is 0.248 e. The van der Waals surface area contributed by atoms with E-state index in [0.29, 0.717) is 0 Å². The Morgan fingerprint density at radius 3 is 0.917 bits per heavy atom. The first-order valence-electron chi connectivity index (χ1n) is 8.34. The van der Waals surface area contributed by atoms with Crippen LogP contribution in [0.4, 0.5) is 61.5 Å². The Morgan fingerprint density at radius 2 is 0.694 bits per heavy atom. The van der Waals surface area contributed by atoms with Crippen LogP contribution in [0.25, 0.3) is 0 Å². The summed E-state index contributed by atoms with van der Waals surface area (Å²) in [4.78, 5) is 0. The molecule has 36 heavy (non-hydrogen) atoms. The van der Waals surface area contributed by atoms with Gasteiger partial charge in [0, 0.05) is 0 Å². The SMILES string of the molecule is O=S(=O)(OCCCCOS(=O)(=O)OCC(F)(F)C(F)(F)C(F)(F)F)OCC(F)(F)C(F)(F)C(F)(F)F. The van der Waals surface area contributed by atoms with Gasteiger partial charge in [0.05, 0.1) is 13.2 Å². The molecule has 0 aliphatic carbocycles. The predicted octanol–water partition coefficient (Wildman–Crippen LogP) is 3.99.